The lowest BCUT2D eigenvalue weighted by atomic mass is 9.94. The normalized spacial score (nSPS) is 13.2. The van der Waals surface area contributed by atoms with Gasteiger partial charge in [0.25, 0.3) is 0 Å². The molecule has 1 aromatic heterocycles. The van der Waals surface area contributed by atoms with Crippen LogP contribution in [0.25, 0.3) is 0 Å². The fourth-order valence-electron chi connectivity index (χ4n) is 2.18. The van der Waals surface area contributed by atoms with Gasteiger partial charge in [-0.05, 0) is 30.8 Å². The highest BCUT2D eigenvalue weighted by Crippen LogP contribution is 2.38. The smallest absolute Gasteiger partial charge is 0.383 e. The number of benzene rings is 1. The molecule has 0 bridgehead atoms. The van der Waals surface area contributed by atoms with E-state index in [9.17, 15) is 13.2 Å². The van der Waals surface area contributed by atoms with Crippen LogP contribution in [-0.2, 0) is 6.18 Å². The Labute approximate surface area is 128 Å². The van der Waals surface area contributed by atoms with Crippen molar-refractivity contribution in [3.05, 3.63) is 57.7 Å². The van der Waals surface area contributed by atoms with Crippen LogP contribution in [0.15, 0.2) is 41.0 Å². The van der Waals surface area contributed by atoms with Gasteiger partial charge in [-0.3, -0.25) is 0 Å². The maximum atomic E-state index is 13.2. The van der Waals surface area contributed by atoms with Gasteiger partial charge in [-0.2, -0.15) is 13.2 Å². The summed E-state index contributed by atoms with van der Waals surface area (Å²) in [5.41, 5.74) is 5.68. The molecule has 0 amide bonds. The summed E-state index contributed by atoms with van der Waals surface area (Å²) < 4.78 is 40.1. The van der Waals surface area contributed by atoms with Crippen molar-refractivity contribution in [2.45, 2.75) is 12.2 Å². The molecule has 0 aliphatic carbocycles. The van der Waals surface area contributed by atoms with Crippen LogP contribution in [0.2, 0.25) is 0 Å². The summed E-state index contributed by atoms with van der Waals surface area (Å²) >= 11 is 3.07. The molecule has 0 aliphatic rings. The van der Waals surface area contributed by atoms with E-state index in [0.717, 1.165) is 6.07 Å². The number of anilines is 1. The van der Waals surface area contributed by atoms with Gasteiger partial charge in [-0.25, -0.2) is 4.98 Å². The molecule has 1 unspecified atom stereocenters. The van der Waals surface area contributed by atoms with Crippen molar-refractivity contribution in [2.24, 2.45) is 0 Å². The Morgan fingerprint density at radius 1 is 1.24 bits per heavy atom. The van der Waals surface area contributed by atoms with E-state index in [-0.39, 0.29) is 11.4 Å². The summed E-state index contributed by atoms with van der Waals surface area (Å²) in [6.45, 7) is 0. The number of nitrogens with two attached hydrogens (primary N) is 1. The van der Waals surface area contributed by atoms with Crippen molar-refractivity contribution >= 4 is 21.7 Å². The van der Waals surface area contributed by atoms with E-state index in [1.807, 2.05) is 0 Å². The van der Waals surface area contributed by atoms with Crippen LogP contribution in [0.3, 0.4) is 0 Å². The summed E-state index contributed by atoms with van der Waals surface area (Å²) in [5.74, 6) is 0.202. The molecular weight excluding hydrogens is 347 g/mol. The van der Waals surface area contributed by atoms with Crippen molar-refractivity contribution in [3.8, 4) is 0 Å². The van der Waals surface area contributed by atoms with Crippen LogP contribution < -0.4 is 11.1 Å². The summed E-state index contributed by atoms with van der Waals surface area (Å²) in [7, 11) is 1.58. The van der Waals surface area contributed by atoms with Crippen LogP contribution in [-0.4, -0.2) is 12.0 Å². The number of alkyl halides is 3. The lowest BCUT2D eigenvalue weighted by molar-refractivity contribution is -0.138. The number of nitrogens with one attached hydrogen (secondary N) is 1. The largest absolute Gasteiger partial charge is 0.416 e. The maximum Gasteiger partial charge on any atom is 0.416 e. The molecule has 0 saturated heterocycles. The number of hydrogen-bond acceptors (Lipinski definition) is 3. The van der Waals surface area contributed by atoms with E-state index >= 15 is 0 Å². The van der Waals surface area contributed by atoms with E-state index < -0.39 is 17.8 Å². The molecule has 0 aliphatic heterocycles. The van der Waals surface area contributed by atoms with E-state index in [2.05, 4.69) is 26.2 Å². The molecule has 21 heavy (non-hydrogen) atoms. The predicted molar refractivity (Wildman–Crippen MR) is 78.7 cm³/mol. The Morgan fingerprint density at radius 2 is 1.95 bits per heavy atom. The number of pyridine rings is 1. The Kier molecular flexibility index (Phi) is 4.53. The fraction of sp³-hybridized carbons (Fsp3) is 0.214. The number of aromatic nitrogens is 1. The van der Waals surface area contributed by atoms with Gasteiger partial charge in [0.1, 0.15) is 5.82 Å². The first-order valence-corrected chi connectivity index (χ1v) is 6.88. The lowest BCUT2D eigenvalue weighted by Crippen LogP contribution is -2.23. The van der Waals surface area contributed by atoms with E-state index in [1.165, 1.54) is 12.3 Å². The quantitative estimate of drug-likeness (QED) is 0.877. The Morgan fingerprint density at radius 3 is 2.52 bits per heavy atom. The summed E-state index contributed by atoms with van der Waals surface area (Å²) in [5, 5.41) is 2.87. The summed E-state index contributed by atoms with van der Waals surface area (Å²) in [6, 6.07) is 6.67. The third-order valence-corrected chi connectivity index (χ3v) is 3.60. The minimum Gasteiger partial charge on any atom is -0.383 e. The number of nitrogens with zero attached hydrogens (tertiary/aromatic N) is 1. The van der Waals surface area contributed by atoms with Gasteiger partial charge in [0.15, 0.2) is 0 Å². The number of nitrogen functional groups attached to an aromatic ring is 1. The molecule has 0 spiro atoms. The third kappa shape index (κ3) is 3.36. The molecule has 2 aromatic rings. The molecule has 3 nitrogen and oxygen atoms in total. The number of hydrogen-bond donors (Lipinski definition) is 2. The molecule has 0 radical (unpaired) electrons. The lowest BCUT2D eigenvalue weighted by Gasteiger charge is -2.22. The van der Waals surface area contributed by atoms with Gasteiger partial charge in [0.05, 0.1) is 11.6 Å². The summed E-state index contributed by atoms with van der Waals surface area (Å²) in [6.07, 6.45) is -2.96. The van der Waals surface area contributed by atoms with Gasteiger partial charge in [0.2, 0.25) is 0 Å². The average molecular weight is 360 g/mol. The SMILES string of the molecule is CNC(c1ccc(Br)cc1C(F)(F)F)c1cccnc1N. The fourth-order valence-corrected chi connectivity index (χ4v) is 2.54. The minimum atomic E-state index is -4.45. The standard InChI is InChI=1S/C14H13BrF3N3/c1-20-12(10-3-2-6-21-13(10)19)9-5-4-8(15)7-11(9)14(16,17)18/h2-7,12,20H,1H3,(H2,19,21). The van der Waals surface area contributed by atoms with E-state index in [1.54, 1.807) is 25.2 Å². The zero-order valence-electron chi connectivity index (χ0n) is 11.1. The second-order valence-corrected chi connectivity index (χ2v) is 5.34. The van der Waals surface area contributed by atoms with Crippen LogP contribution >= 0.6 is 15.9 Å². The van der Waals surface area contributed by atoms with Crippen LogP contribution in [0.5, 0.6) is 0 Å². The highest BCUT2D eigenvalue weighted by atomic mass is 79.9. The van der Waals surface area contributed by atoms with Crippen molar-refractivity contribution in [2.75, 3.05) is 12.8 Å². The molecular formula is C14H13BrF3N3. The zero-order valence-corrected chi connectivity index (χ0v) is 12.7. The molecule has 7 heteroatoms. The van der Waals surface area contributed by atoms with Gasteiger partial charge < -0.3 is 11.1 Å². The summed E-state index contributed by atoms with van der Waals surface area (Å²) in [4.78, 5) is 3.93. The van der Waals surface area contributed by atoms with Gasteiger partial charge in [0, 0.05) is 16.2 Å². The van der Waals surface area contributed by atoms with Gasteiger partial charge in [-0.1, -0.05) is 28.1 Å². The van der Waals surface area contributed by atoms with Crippen molar-refractivity contribution < 1.29 is 13.2 Å². The Hall–Kier alpha value is -1.60. The highest BCUT2D eigenvalue weighted by molar-refractivity contribution is 9.10. The first-order chi connectivity index (χ1) is 9.84. The second-order valence-electron chi connectivity index (χ2n) is 4.43. The Balaban J connectivity index is 2.61. The van der Waals surface area contributed by atoms with Crippen molar-refractivity contribution in [3.63, 3.8) is 0 Å². The van der Waals surface area contributed by atoms with Gasteiger partial charge in [-0.15, -0.1) is 0 Å². The van der Waals surface area contributed by atoms with Crippen molar-refractivity contribution in [1.82, 2.24) is 10.3 Å². The zero-order chi connectivity index (χ0) is 15.6. The number of rotatable bonds is 3. The molecule has 1 aromatic carbocycles. The van der Waals surface area contributed by atoms with Crippen LogP contribution in [0.4, 0.5) is 19.0 Å². The second kappa shape index (κ2) is 6.03. The van der Waals surface area contributed by atoms with E-state index in [0.29, 0.717) is 10.0 Å². The maximum absolute atomic E-state index is 13.2. The monoisotopic (exact) mass is 359 g/mol. The molecule has 2 rings (SSSR count). The average Bonchev–Trinajstić information content (AvgIpc) is 2.42. The predicted octanol–water partition coefficient (Wildman–Crippen LogP) is 3.75. The third-order valence-electron chi connectivity index (χ3n) is 3.10. The molecule has 112 valence electrons. The van der Waals surface area contributed by atoms with Crippen LogP contribution in [0.1, 0.15) is 22.7 Å². The van der Waals surface area contributed by atoms with E-state index in [4.69, 9.17) is 5.73 Å². The van der Waals surface area contributed by atoms with Crippen molar-refractivity contribution in [1.29, 1.82) is 0 Å². The van der Waals surface area contributed by atoms with Gasteiger partial charge >= 0.3 is 6.18 Å². The molecule has 0 saturated carbocycles. The first kappa shape index (κ1) is 15.8. The molecule has 0 fully saturated rings. The number of halogens is 4. The minimum absolute atomic E-state index is 0.105. The Bertz CT molecular complexity index is 644. The molecule has 1 heterocycles. The molecule has 1 atom stereocenters. The topological polar surface area (TPSA) is 50.9 Å². The van der Waals surface area contributed by atoms with Crippen LogP contribution in [0, 0.1) is 0 Å². The highest BCUT2D eigenvalue weighted by Gasteiger charge is 2.36. The first-order valence-electron chi connectivity index (χ1n) is 6.09. The molecule has 3 N–H and O–H groups in total.